The summed E-state index contributed by atoms with van der Waals surface area (Å²) in [5.41, 5.74) is 6.51. The average molecular weight is 362 g/mol. The molecule has 0 bridgehead atoms. The van der Waals surface area contributed by atoms with Gasteiger partial charge in [0.15, 0.2) is 0 Å². The summed E-state index contributed by atoms with van der Waals surface area (Å²) in [6.07, 6.45) is 3.51. The second-order valence-corrected chi connectivity index (χ2v) is 7.65. The molecule has 1 saturated carbocycles. The normalized spacial score (nSPS) is 21.1. The first-order valence-electron chi connectivity index (χ1n) is 7.57. The van der Waals surface area contributed by atoms with Crippen LogP contribution in [0.3, 0.4) is 0 Å². The number of carbonyl (C=O) groups is 1. The van der Waals surface area contributed by atoms with Crippen LogP contribution in [0.1, 0.15) is 43.0 Å². The maximum atomic E-state index is 12.4. The first-order valence-corrected chi connectivity index (χ1v) is 9.22. The summed E-state index contributed by atoms with van der Waals surface area (Å²) in [4.78, 5) is 12.4. The molecule has 1 aromatic rings. The molecular formula is C15H24ClN3O3S. The highest BCUT2D eigenvalue weighted by atomic mass is 35.5. The predicted molar refractivity (Wildman–Crippen MR) is 94.5 cm³/mol. The van der Waals surface area contributed by atoms with Crippen LogP contribution < -0.4 is 15.8 Å². The SMILES string of the molecule is CCS(=O)(=O)Nc1ccccc1C(=O)NC1CCC(N)CC1.Cl. The third kappa shape index (κ3) is 5.67. The number of sulfonamides is 1. The van der Waals surface area contributed by atoms with Crippen molar-refractivity contribution in [2.24, 2.45) is 5.73 Å². The number of halogens is 1. The van der Waals surface area contributed by atoms with E-state index in [1.807, 2.05) is 0 Å². The van der Waals surface area contributed by atoms with Gasteiger partial charge in [0, 0.05) is 12.1 Å². The van der Waals surface area contributed by atoms with Gasteiger partial charge in [0.2, 0.25) is 10.0 Å². The van der Waals surface area contributed by atoms with Crippen molar-refractivity contribution in [3.8, 4) is 0 Å². The van der Waals surface area contributed by atoms with Crippen molar-refractivity contribution in [1.29, 1.82) is 0 Å². The predicted octanol–water partition coefficient (Wildman–Crippen LogP) is 1.87. The molecule has 1 aliphatic carbocycles. The van der Waals surface area contributed by atoms with E-state index in [4.69, 9.17) is 5.73 Å². The van der Waals surface area contributed by atoms with Crippen LogP contribution >= 0.6 is 12.4 Å². The van der Waals surface area contributed by atoms with Gasteiger partial charge in [0.25, 0.3) is 5.91 Å². The van der Waals surface area contributed by atoms with Gasteiger partial charge in [-0.2, -0.15) is 0 Å². The highest BCUT2D eigenvalue weighted by Gasteiger charge is 2.22. The number of benzene rings is 1. The molecule has 1 amide bonds. The number of amides is 1. The van der Waals surface area contributed by atoms with E-state index < -0.39 is 10.0 Å². The van der Waals surface area contributed by atoms with E-state index in [0.717, 1.165) is 25.7 Å². The summed E-state index contributed by atoms with van der Waals surface area (Å²) in [5.74, 6) is -0.293. The Kier molecular flexibility index (Phi) is 7.31. The molecule has 1 aromatic carbocycles. The van der Waals surface area contributed by atoms with Crippen LogP contribution in [0.2, 0.25) is 0 Å². The lowest BCUT2D eigenvalue weighted by molar-refractivity contribution is 0.0927. The zero-order chi connectivity index (χ0) is 16.2. The summed E-state index contributed by atoms with van der Waals surface area (Å²) < 4.78 is 25.9. The highest BCUT2D eigenvalue weighted by molar-refractivity contribution is 7.92. The van der Waals surface area contributed by atoms with Gasteiger partial charge in [-0.1, -0.05) is 12.1 Å². The first kappa shape index (κ1) is 19.7. The van der Waals surface area contributed by atoms with E-state index in [0.29, 0.717) is 11.3 Å². The molecule has 1 aliphatic rings. The van der Waals surface area contributed by atoms with Gasteiger partial charge in [-0.3, -0.25) is 9.52 Å². The quantitative estimate of drug-likeness (QED) is 0.745. The summed E-state index contributed by atoms with van der Waals surface area (Å²) in [7, 11) is -3.42. The molecule has 0 aromatic heterocycles. The van der Waals surface area contributed by atoms with E-state index in [1.54, 1.807) is 31.2 Å². The molecule has 130 valence electrons. The Morgan fingerprint density at radius 1 is 1.22 bits per heavy atom. The van der Waals surface area contributed by atoms with Gasteiger partial charge in [0.1, 0.15) is 0 Å². The van der Waals surface area contributed by atoms with Crippen molar-refractivity contribution in [3.05, 3.63) is 29.8 Å². The van der Waals surface area contributed by atoms with Crippen molar-refractivity contribution >= 4 is 34.0 Å². The molecule has 1 fully saturated rings. The Morgan fingerprint density at radius 3 is 2.43 bits per heavy atom. The lowest BCUT2D eigenvalue weighted by atomic mass is 9.91. The Balaban J connectivity index is 0.00000264. The van der Waals surface area contributed by atoms with Crippen molar-refractivity contribution in [2.45, 2.75) is 44.7 Å². The van der Waals surface area contributed by atoms with Crippen molar-refractivity contribution in [2.75, 3.05) is 10.5 Å². The van der Waals surface area contributed by atoms with Gasteiger partial charge in [-0.05, 0) is 44.7 Å². The third-order valence-corrected chi connectivity index (χ3v) is 5.22. The van der Waals surface area contributed by atoms with E-state index >= 15 is 0 Å². The molecule has 0 aliphatic heterocycles. The molecule has 2 rings (SSSR count). The van der Waals surface area contributed by atoms with Crippen molar-refractivity contribution in [3.63, 3.8) is 0 Å². The Labute approximate surface area is 143 Å². The molecule has 0 atom stereocenters. The van der Waals surface area contributed by atoms with Crippen molar-refractivity contribution in [1.82, 2.24) is 5.32 Å². The fourth-order valence-electron chi connectivity index (χ4n) is 2.54. The van der Waals surface area contributed by atoms with Crippen LogP contribution in [0, 0.1) is 0 Å². The number of nitrogens with two attached hydrogens (primary N) is 1. The maximum Gasteiger partial charge on any atom is 0.253 e. The Morgan fingerprint density at radius 2 is 1.83 bits per heavy atom. The highest BCUT2D eigenvalue weighted by Crippen LogP contribution is 2.20. The largest absolute Gasteiger partial charge is 0.349 e. The minimum Gasteiger partial charge on any atom is -0.349 e. The van der Waals surface area contributed by atoms with E-state index in [1.165, 1.54) is 0 Å². The number of carbonyl (C=O) groups excluding carboxylic acids is 1. The molecule has 0 heterocycles. The minimum absolute atomic E-state index is 0. The number of para-hydroxylation sites is 1. The van der Waals surface area contributed by atoms with Crippen LogP contribution in [0.15, 0.2) is 24.3 Å². The second kappa shape index (κ2) is 8.52. The lowest BCUT2D eigenvalue weighted by Gasteiger charge is -2.27. The first-order chi connectivity index (χ1) is 10.4. The molecule has 0 saturated heterocycles. The van der Waals surface area contributed by atoms with Gasteiger partial charge in [0.05, 0.1) is 17.0 Å². The maximum absolute atomic E-state index is 12.4. The number of hydrogen-bond acceptors (Lipinski definition) is 4. The van der Waals surface area contributed by atoms with Gasteiger partial charge < -0.3 is 11.1 Å². The molecule has 6 nitrogen and oxygen atoms in total. The number of nitrogens with one attached hydrogen (secondary N) is 2. The van der Waals surface area contributed by atoms with Crippen LogP contribution in [0.4, 0.5) is 5.69 Å². The van der Waals surface area contributed by atoms with Crippen LogP contribution in [0.5, 0.6) is 0 Å². The standard InChI is InChI=1S/C15H23N3O3S.ClH/c1-2-22(20,21)18-14-6-4-3-5-13(14)15(19)17-12-9-7-11(16)8-10-12;/h3-6,11-12,18H,2,7-10,16H2,1H3,(H,17,19);1H. The van der Waals surface area contributed by atoms with Crippen LogP contribution in [-0.2, 0) is 10.0 Å². The molecular weight excluding hydrogens is 338 g/mol. The fourth-order valence-corrected chi connectivity index (χ4v) is 3.19. The zero-order valence-corrected chi connectivity index (χ0v) is 14.8. The summed E-state index contributed by atoms with van der Waals surface area (Å²) in [5, 5.41) is 2.97. The molecule has 0 radical (unpaired) electrons. The van der Waals surface area contributed by atoms with Gasteiger partial charge >= 0.3 is 0 Å². The van der Waals surface area contributed by atoms with Crippen molar-refractivity contribution < 1.29 is 13.2 Å². The summed E-state index contributed by atoms with van der Waals surface area (Å²) in [6.45, 7) is 1.55. The number of hydrogen-bond donors (Lipinski definition) is 3. The second-order valence-electron chi connectivity index (χ2n) is 5.64. The van der Waals surface area contributed by atoms with Gasteiger partial charge in [-0.25, -0.2) is 8.42 Å². The van der Waals surface area contributed by atoms with E-state index in [2.05, 4.69) is 10.0 Å². The summed E-state index contributed by atoms with van der Waals surface area (Å²) in [6, 6.07) is 6.95. The van der Waals surface area contributed by atoms with Crippen LogP contribution in [0.25, 0.3) is 0 Å². The Hall–Kier alpha value is -1.31. The summed E-state index contributed by atoms with van der Waals surface area (Å²) >= 11 is 0. The smallest absolute Gasteiger partial charge is 0.253 e. The Bertz CT molecular complexity index is 629. The van der Waals surface area contributed by atoms with Crippen LogP contribution in [-0.4, -0.2) is 32.2 Å². The minimum atomic E-state index is -3.42. The zero-order valence-electron chi connectivity index (χ0n) is 13.1. The number of anilines is 1. The molecule has 0 spiro atoms. The average Bonchev–Trinajstić information content (AvgIpc) is 2.50. The lowest BCUT2D eigenvalue weighted by Crippen LogP contribution is -2.40. The molecule has 8 heteroatoms. The van der Waals surface area contributed by atoms with Gasteiger partial charge in [-0.15, -0.1) is 12.4 Å². The molecule has 0 unspecified atom stereocenters. The van der Waals surface area contributed by atoms with E-state index in [-0.39, 0.29) is 36.2 Å². The number of rotatable bonds is 5. The molecule has 4 N–H and O–H groups in total. The molecule has 23 heavy (non-hydrogen) atoms. The fraction of sp³-hybridized carbons (Fsp3) is 0.533. The topological polar surface area (TPSA) is 101 Å². The monoisotopic (exact) mass is 361 g/mol. The third-order valence-electron chi connectivity index (χ3n) is 3.92. The van der Waals surface area contributed by atoms with E-state index in [9.17, 15) is 13.2 Å².